The highest BCUT2D eigenvalue weighted by atomic mass is 16.3. The Labute approximate surface area is 155 Å². The van der Waals surface area contributed by atoms with Crippen molar-refractivity contribution >= 4 is 11.6 Å². The van der Waals surface area contributed by atoms with Gasteiger partial charge in [-0.1, -0.05) is 26.3 Å². The second-order valence-electron chi connectivity index (χ2n) is 9.56. The quantitative estimate of drug-likeness (QED) is 0.777. The van der Waals surface area contributed by atoms with Gasteiger partial charge in [0, 0.05) is 15.9 Å². The molecular formula is C22H32O3. The molecule has 25 heavy (non-hydrogen) atoms. The van der Waals surface area contributed by atoms with E-state index in [0.29, 0.717) is 31.6 Å². The zero-order valence-electron chi connectivity index (χ0n) is 18.6. The number of aliphatic hydroxyl groups is 1. The molecule has 4 rings (SSSR count). The van der Waals surface area contributed by atoms with Crippen LogP contribution in [0, 0.1) is 34.5 Å². The van der Waals surface area contributed by atoms with Gasteiger partial charge >= 0.3 is 0 Å². The van der Waals surface area contributed by atoms with E-state index >= 15 is 0 Å². The van der Waals surface area contributed by atoms with Gasteiger partial charge in [-0.2, -0.15) is 0 Å². The summed E-state index contributed by atoms with van der Waals surface area (Å²) < 4.78 is 24.5. The van der Waals surface area contributed by atoms with E-state index in [0.717, 1.165) is 24.8 Å². The minimum atomic E-state index is -2.14. The Hall–Kier alpha value is -0.960. The minimum Gasteiger partial charge on any atom is -0.382 e. The van der Waals surface area contributed by atoms with E-state index in [1.807, 2.05) is 6.92 Å². The number of hydrogen-bond acceptors (Lipinski definition) is 3. The molecule has 0 aromatic rings. The molecule has 4 aliphatic rings. The fourth-order valence-corrected chi connectivity index (χ4v) is 7.24. The van der Waals surface area contributed by atoms with Crippen molar-refractivity contribution in [3.05, 3.63) is 11.6 Å². The molecule has 7 atom stereocenters. The van der Waals surface area contributed by atoms with Crippen molar-refractivity contribution in [2.75, 3.05) is 0 Å². The minimum absolute atomic E-state index is 0.0487. The maximum atomic E-state index is 12.4. The van der Waals surface area contributed by atoms with Crippen LogP contribution in [0.2, 0.25) is 0 Å². The Morgan fingerprint density at radius 1 is 1.24 bits per heavy atom. The summed E-state index contributed by atoms with van der Waals surface area (Å²) in [6, 6.07) is 0. The van der Waals surface area contributed by atoms with E-state index < -0.39 is 23.8 Å². The molecule has 0 bridgehead atoms. The number of carbonyl (C=O) groups is 2. The lowest BCUT2D eigenvalue weighted by atomic mass is 9.45. The van der Waals surface area contributed by atoms with Crippen LogP contribution in [0.4, 0.5) is 0 Å². The van der Waals surface area contributed by atoms with Crippen molar-refractivity contribution < 1.29 is 18.8 Å². The van der Waals surface area contributed by atoms with Gasteiger partial charge in [-0.3, -0.25) is 9.59 Å². The first-order valence-corrected chi connectivity index (χ1v) is 9.83. The summed E-state index contributed by atoms with van der Waals surface area (Å²) in [5.41, 5.74) is -1.21. The molecule has 3 nitrogen and oxygen atoms in total. The zero-order chi connectivity index (χ0) is 20.7. The molecule has 0 amide bonds. The van der Waals surface area contributed by atoms with Gasteiger partial charge in [0.1, 0.15) is 5.60 Å². The van der Waals surface area contributed by atoms with Gasteiger partial charge in [0.2, 0.25) is 0 Å². The highest BCUT2D eigenvalue weighted by Crippen LogP contribution is 2.68. The fourth-order valence-electron chi connectivity index (χ4n) is 7.24. The lowest BCUT2D eigenvalue weighted by Crippen LogP contribution is -2.57. The summed E-state index contributed by atoms with van der Waals surface area (Å²) in [5, 5.41) is 11.3. The summed E-state index contributed by atoms with van der Waals surface area (Å²) in [5.74, 6) is -0.0649. The van der Waals surface area contributed by atoms with Gasteiger partial charge in [0.05, 0.1) is 0 Å². The van der Waals surface area contributed by atoms with E-state index in [9.17, 15) is 14.7 Å². The maximum Gasteiger partial charge on any atom is 0.161 e. The number of ketones is 2. The van der Waals surface area contributed by atoms with Crippen LogP contribution in [-0.4, -0.2) is 22.3 Å². The molecule has 0 unspecified atom stereocenters. The van der Waals surface area contributed by atoms with E-state index in [-0.39, 0.29) is 28.8 Å². The first kappa shape index (κ1) is 14.1. The molecule has 0 aliphatic heterocycles. The lowest BCUT2D eigenvalue weighted by Gasteiger charge is -2.60. The molecule has 3 fully saturated rings. The molecule has 0 heterocycles. The third-order valence-electron chi connectivity index (χ3n) is 8.74. The number of hydrogen-bond donors (Lipinski definition) is 1. The summed E-state index contributed by atoms with van der Waals surface area (Å²) in [6.07, 6.45) is 6.28. The largest absolute Gasteiger partial charge is 0.382 e. The second kappa shape index (κ2) is 5.28. The van der Waals surface area contributed by atoms with Crippen molar-refractivity contribution in [1.29, 1.82) is 0 Å². The Morgan fingerprint density at radius 2 is 1.96 bits per heavy atom. The van der Waals surface area contributed by atoms with E-state index in [2.05, 4.69) is 6.92 Å². The third-order valence-corrected chi connectivity index (χ3v) is 8.74. The number of Topliss-reactive ketones (excluding diaryl/α,β-unsaturated/α-hetero) is 1. The molecule has 3 saturated carbocycles. The van der Waals surface area contributed by atoms with Crippen molar-refractivity contribution in [2.45, 2.75) is 78.2 Å². The topological polar surface area (TPSA) is 54.4 Å². The predicted octanol–water partition coefficient (Wildman–Crippen LogP) is 4.08. The number of carbonyl (C=O) groups excluding carboxylic acids is 2. The molecule has 0 saturated heterocycles. The van der Waals surface area contributed by atoms with Gasteiger partial charge in [0.25, 0.3) is 0 Å². The average molecular weight is 348 g/mol. The van der Waals surface area contributed by atoms with E-state index in [4.69, 9.17) is 4.11 Å². The Balaban J connectivity index is 1.79. The first-order chi connectivity index (χ1) is 12.8. The van der Waals surface area contributed by atoms with Crippen LogP contribution in [0.15, 0.2) is 11.6 Å². The third kappa shape index (κ3) is 2.08. The molecule has 0 aromatic carbocycles. The standard InChI is InChI=1S/C22H32O3/c1-13-11-16-17(20(3)8-5-15(24)12-19(13)20)6-9-21(4)18(16)7-10-22(21,25)14(2)23/h12-13,16-18,25H,5-11H2,1-4H3/t13-,16-,17+,18+,20-,21+,22+/m1/s1/i1D3. The van der Waals surface area contributed by atoms with Gasteiger partial charge < -0.3 is 5.11 Å². The van der Waals surface area contributed by atoms with Gasteiger partial charge in [-0.25, -0.2) is 0 Å². The van der Waals surface area contributed by atoms with Gasteiger partial charge in [-0.15, -0.1) is 0 Å². The molecule has 138 valence electrons. The first-order valence-electron chi connectivity index (χ1n) is 11.3. The molecule has 1 N–H and O–H groups in total. The predicted molar refractivity (Wildman–Crippen MR) is 96.9 cm³/mol. The molecule has 3 heteroatoms. The van der Waals surface area contributed by atoms with Crippen LogP contribution in [0.5, 0.6) is 0 Å². The van der Waals surface area contributed by atoms with Crippen molar-refractivity contribution in [1.82, 2.24) is 0 Å². The van der Waals surface area contributed by atoms with Crippen LogP contribution in [0.1, 0.15) is 76.7 Å². The summed E-state index contributed by atoms with van der Waals surface area (Å²) in [7, 11) is 0. The highest BCUT2D eigenvalue weighted by molar-refractivity contribution is 5.91. The molecule has 0 aromatic heterocycles. The highest BCUT2D eigenvalue weighted by Gasteiger charge is 2.66. The summed E-state index contributed by atoms with van der Waals surface area (Å²) in [6.45, 7) is 3.56. The number of fused-ring (bicyclic) bond motifs is 5. The van der Waals surface area contributed by atoms with Crippen LogP contribution in [0.3, 0.4) is 0 Å². The molecule has 0 radical (unpaired) electrons. The number of rotatable bonds is 1. The Bertz CT molecular complexity index is 757. The van der Waals surface area contributed by atoms with Crippen LogP contribution >= 0.6 is 0 Å². The second-order valence-corrected chi connectivity index (χ2v) is 9.56. The fraction of sp³-hybridized carbons (Fsp3) is 0.818. The van der Waals surface area contributed by atoms with E-state index in [1.165, 1.54) is 6.92 Å². The smallest absolute Gasteiger partial charge is 0.161 e. The Kier molecular flexibility index (Phi) is 2.99. The molecule has 4 aliphatic carbocycles. The molecule has 0 spiro atoms. The van der Waals surface area contributed by atoms with Crippen LogP contribution in [-0.2, 0) is 9.59 Å². The van der Waals surface area contributed by atoms with Gasteiger partial charge in [0.15, 0.2) is 11.6 Å². The SMILES string of the molecule is [2H]C([2H])([2H])[C@@H]1C[C@@H]2[C@H](CC[C@@]3(C)[C@H]2CC[C@]3(O)C(C)=O)[C@@]2(C)CCC(=O)C=C12. The summed E-state index contributed by atoms with van der Waals surface area (Å²) >= 11 is 0. The molecular weight excluding hydrogens is 312 g/mol. The van der Waals surface area contributed by atoms with Crippen molar-refractivity contribution in [2.24, 2.45) is 34.5 Å². The van der Waals surface area contributed by atoms with Crippen molar-refractivity contribution in [3.63, 3.8) is 0 Å². The van der Waals surface area contributed by atoms with Crippen LogP contribution < -0.4 is 0 Å². The lowest BCUT2D eigenvalue weighted by molar-refractivity contribution is -0.161. The van der Waals surface area contributed by atoms with E-state index in [1.54, 1.807) is 6.08 Å². The van der Waals surface area contributed by atoms with Crippen molar-refractivity contribution in [3.8, 4) is 0 Å². The monoisotopic (exact) mass is 347 g/mol. The Morgan fingerprint density at radius 3 is 2.64 bits per heavy atom. The maximum absolute atomic E-state index is 12.4. The average Bonchev–Trinajstić information content (AvgIpc) is 2.87. The van der Waals surface area contributed by atoms with Gasteiger partial charge in [-0.05, 0) is 80.6 Å². The van der Waals surface area contributed by atoms with Crippen LogP contribution in [0.25, 0.3) is 0 Å². The zero-order valence-corrected chi connectivity index (χ0v) is 15.6. The summed E-state index contributed by atoms with van der Waals surface area (Å²) in [4.78, 5) is 24.5. The number of allylic oxidation sites excluding steroid dienone is 1. The normalized spacial score (nSPS) is 54.3.